The number of nitrogens with one attached hydrogen (secondary N) is 1. The van der Waals surface area contributed by atoms with Crippen LogP contribution in [0.3, 0.4) is 0 Å². The molecule has 0 spiro atoms. The van der Waals surface area contributed by atoms with Crippen molar-refractivity contribution in [2.24, 2.45) is 5.92 Å². The van der Waals surface area contributed by atoms with E-state index < -0.39 is 0 Å². The fourth-order valence-electron chi connectivity index (χ4n) is 1.15. The summed E-state index contributed by atoms with van der Waals surface area (Å²) in [5.74, 6) is 0.789. The van der Waals surface area contributed by atoms with Crippen LogP contribution in [0.15, 0.2) is 0 Å². The molecule has 1 atom stereocenters. The standard InChI is InChI=1S/C9H16ClNO/c1-2-3-9(12)11-6-8(10)7-4-5-7/h7-8H,2-6H2,1H3,(H,11,12). The minimum absolute atomic E-state index is 0.129. The van der Waals surface area contributed by atoms with Crippen molar-refractivity contribution in [1.29, 1.82) is 0 Å². The van der Waals surface area contributed by atoms with E-state index >= 15 is 0 Å². The molecule has 0 aromatic carbocycles. The Morgan fingerprint density at radius 3 is 2.83 bits per heavy atom. The molecule has 12 heavy (non-hydrogen) atoms. The number of halogens is 1. The van der Waals surface area contributed by atoms with E-state index in [9.17, 15) is 4.79 Å². The maximum Gasteiger partial charge on any atom is 0.220 e. The van der Waals surface area contributed by atoms with Crippen molar-refractivity contribution in [3.63, 3.8) is 0 Å². The van der Waals surface area contributed by atoms with Gasteiger partial charge in [-0.3, -0.25) is 4.79 Å². The third-order valence-electron chi connectivity index (χ3n) is 2.10. The van der Waals surface area contributed by atoms with Crippen LogP contribution in [0.5, 0.6) is 0 Å². The second-order valence-corrected chi connectivity index (χ2v) is 3.97. The average molecular weight is 190 g/mol. The lowest BCUT2D eigenvalue weighted by Gasteiger charge is -2.08. The van der Waals surface area contributed by atoms with E-state index in [0.717, 1.165) is 6.42 Å². The highest BCUT2D eigenvalue weighted by molar-refractivity contribution is 6.21. The molecular weight excluding hydrogens is 174 g/mol. The Morgan fingerprint density at radius 2 is 2.33 bits per heavy atom. The zero-order valence-electron chi connectivity index (χ0n) is 7.48. The lowest BCUT2D eigenvalue weighted by molar-refractivity contribution is -0.121. The van der Waals surface area contributed by atoms with Crippen LogP contribution < -0.4 is 5.32 Å². The van der Waals surface area contributed by atoms with Gasteiger partial charge in [0.2, 0.25) is 5.91 Å². The van der Waals surface area contributed by atoms with Crippen LogP contribution in [0.1, 0.15) is 32.6 Å². The maximum atomic E-state index is 11.0. The Labute approximate surface area is 78.7 Å². The number of rotatable bonds is 5. The summed E-state index contributed by atoms with van der Waals surface area (Å²) in [6.45, 7) is 2.64. The van der Waals surface area contributed by atoms with Crippen LogP contribution >= 0.6 is 11.6 Å². The second kappa shape index (κ2) is 4.70. The number of alkyl halides is 1. The molecular formula is C9H16ClNO. The summed E-state index contributed by atoms with van der Waals surface area (Å²) in [6, 6.07) is 0. The number of carbonyl (C=O) groups is 1. The largest absolute Gasteiger partial charge is 0.355 e. The molecule has 1 fully saturated rings. The van der Waals surface area contributed by atoms with Crippen LogP contribution in [0.2, 0.25) is 0 Å². The molecule has 1 rings (SSSR count). The predicted molar refractivity (Wildman–Crippen MR) is 50.3 cm³/mol. The second-order valence-electron chi connectivity index (χ2n) is 3.41. The Kier molecular flexibility index (Phi) is 3.86. The summed E-state index contributed by atoms with van der Waals surface area (Å²) in [4.78, 5) is 11.0. The molecule has 1 aliphatic rings. The molecule has 3 heteroatoms. The highest BCUT2D eigenvalue weighted by Crippen LogP contribution is 2.35. The fraction of sp³-hybridized carbons (Fsp3) is 0.889. The van der Waals surface area contributed by atoms with Gasteiger partial charge in [-0.25, -0.2) is 0 Å². The quantitative estimate of drug-likeness (QED) is 0.658. The SMILES string of the molecule is CCCC(=O)NCC(Cl)C1CC1. The Morgan fingerprint density at radius 1 is 1.67 bits per heavy atom. The molecule has 0 heterocycles. The number of hydrogen-bond donors (Lipinski definition) is 1. The van der Waals surface area contributed by atoms with E-state index in [-0.39, 0.29) is 11.3 Å². The van der Waals surface area contributed by atoms with Gasteiger partial charge in [0, 0.05) is 13.0 Å². The predicted octanol–water partition coefficient (Wildman–Crippen LogP) is 1.92. The van der Waals surface area contributed by atoms with Gasteiger partial charge in [0.15, 0.2) is 0 Å². The van der Waals surface area contributed by atoms with Gasteiger partial charge in [-0.05, 0) is 25.2 Å². The van der Waals surface area contributed by atoms with Crippen LogP contribution in [0.25, 0.3) is 0 Å². The molecule has 1 amide bonds. The van der Waals surface area contributed by atoms with Gasteiger partial charge in [-0.15, -0.1) is 11.6 Å². The van der Waals surface area contributed by atoms with Crippen LogP contribution in [0.4, 0.5) is 0 Å². The van der Waals surface area contributed by atoms with Crippen LogP contribution in [-0.2, 0) is 4.79 Å². The Hall–Kier alpha value is -0.240. The molecule has 0 aliphatic heterocycles. The van der Waals surface area contributed by atoms with E-state index in [0.29, 0.717) is 18.9 Å². The van der Waals surface area contributed by atoms with Gasteiger partial charge in [0.05, 0.1) is 5.38 Å². The minimum atomic E-state index is 0.129. The molecule has 70 valence electrons. The van der Waals surface area contributed by atoms with Crippen molar-refractivity contribution >= 4 is 17.5 Å². The Bertz CT molecular complexity index is 157. The fourth-order valence-corrected chi connectivity index (χ4v) is 1.48. The van der Waals surface area contributed by atoms with E-state index in [1.54, 1.807) is 0 Å². The third-order valence-corrected chi connectivity index (χ3v) is 2.62. The first-order valence-corrected chi connectivity index (χ1v) is 5.08. The molecule has 0 aromatic rings. The summed E-state index contributed by atoms with van der Waals surface area (Å²) < 4.78 is 0. The topological polar surface area (TPSA) is 29.1 Å². The van der Waals surface area contributed by atoms with Gasteiger partial charge < -0.3 is 5.32 Å². The molecule has 0 radical (unpaired) electrons. The molecule has 1 N–H and O–H groups in total. The molecule has 0 aromatic heterocycles. The molecule has 2 nitrogen and oxygen atoms in total. The van der Waals surface area contributed by atoms with Gasteiger partial charge in [0.25, 0.3) is 0 Å². The van der Waals surface area contributed by atoms with Gasteiger partial charge in [-0.2, -0.15) is 0 Å². The summed E-state index contributed by atoms with van der Waals surface area (Å²) in [7, 11) is 0. The monoisotopic (exact) mass is 189 g/mol. The van der Waals surface area contributed by atoms with Crippen molar-refractivity contribution in [1.82, 2.24) is 5.32 Å². The van der Waals surface area contributed by atoms with E-state index in [1.807, 2.05) is 6.92 Å². The van der Waals surface area contributed by atoms with E-state index in [4.69, 9.17) is 11.6 Å². The van der Waals surface area contributed by atoms with Crippen molar-refractivity contribution in [3.05, 3.63) is 0 Å². The molecule has 1 aliphatic carbocycles. The van der Waals surface area contributed by atoms with Crippen molar-refractivity contribution in [3.8, 4) is 0 Å². The average Bonchev–Trinajstić information content (AvgIpc) is 2.83. The zero-order chi connectivity index (χ0) is 8.97. The summed E-state index contributed by atoms with van der Waals surface area (Å²) in [5, 5.41) is 2.99. The van der Waals surface area contributed by atoms with E-state index in [2.05, 4.69) is 5.32 Å². The summed E-state index contributed by atoms with van der Waals surface area (Å²) in [6.07, 6.45) is 3.99. The van der Waals surface area contributed by atoms with Crippen molar-refractivity contribution in [2.75, 3.05) is 6.54 Å². The maximum absolute atomic E-state index is 11.0. The Balaban J connectivity index is 2.03. The minimum Gasteiger partial charge on any atom is -0.355 e. The first-order chi connectivity index (χ1) is 5.74. The highest BCUT2D eigenvalue weighted by Gasteiger charge is 2.29. The summed E-state index contributed by atoms with van der Waals surface area (Å²) >= 11 is 6.01. The third kappa shape index (κ3) is 3.44. The number of amides is 1. The zero-order valence-corrected chi connectivity index (χ0v) is 8.23. The lowest BCUT2D eigenvalue weighted by atomic mass is 10.2. The van der Waals surface area contributed by atoms with Crippen LogP contribution in [-0.4, -0.2) is 17.8 Å². The highest BCUT2D eigenvalue weighted by atomic mass is 35.5. The molecule has 0 bridgehead atoms. The first-order valence-electron chi connectivity index (χ1n) is 4.64. The number of carbonyl (C=O) groups excluding carboxylic acids is 1. The molecule has 1 unspecified atom stereocenters. The van der Waals surface area contributed by atoms with Gasteiger partial charge in [-0.1, -0.05) is 6.92 Å². The smallest absolute Gasteiger partial charge is 0.220 e. The molecule has 0 saturated heterocycles. The van der Waals surface area contributed by atoms with E-state index in [1.165, 1.54) is 12.8 Å². The van der Waals surface area contributed by atoms with Crippen molar-refractivity contribution < 1.29 is 4.79 Å². The van der Waals surface area contributed by atoms with Crippen molar-refractivity contribution in [2.45, 2.75) is 38.0 Å². The number of hydrogen-bond acceptors (Lipinski definition) is 1. The normalized spacial score (nSPS) is 18.8. The lowest BCUT2D eigenvalue weighted by Crippen LogP contribution is -2.30. The van der Waals surface area contributed by atoms with Gasteiger partial charge >= 0.3 is 0 Å². The first kappa shape index (κ1) is 9.85. The summed E-state index contributed by atoms with van der Waals surface area (Å²) in [5.41, 5.74) is 0. The van der Waals surface area contributed by atoms with Crippen LogP contribution in [0, 0.1) is 5.92 Å². The van der Waals surface area contributed by atoms with Gasteiger partial charge in [0.1, 0.15) is 0 Å². The molecule has 1 saturated carbocycles.